The number of hydrogen-bond acceptors (Lipinski definition) is 1. The molecule has 0 aliphatic heterocycles. The fourth-order valence-corrected chi connectivity index (χ4v) is 3.27. The third-order valence-corrected chi connectivity index (χ3v) is 4.53. The molecule has 0 radical (unpaired) electrons. The first-order valence-electron chi connectivity index (χ1n) is 6.70. The van der Waals surface area contributed by atoms with Crippen LogP contribution < -0.4 is 0 Å². The Labute approximate surface area is 102 Å². The fourth-order valence-electron chi connectivity index (χ4n) is 2.73. The van der Waals surface area contributed by atoms with E-state index in [-0.39, 0.29) is 0 Å². The molecule has 0 aromatic heterocycles. The Morgan fingerprint density at radius 3 is 1.93 bits per heavy atom. The van der Waals surface area contributed by atoms with Gasteiger partial charge in [0, 0.05) is 0 Å². The summed E-state index contributed by atoms with van der Waals surface area (Å²) in [5, 5.41) is 0. The zero-order valence-corrected chi connectivity index (χ0v) is 12.2. The van der Waals surface area contributed by atoms with Crippen molar-refractivity contribution in [3.63, 3.8) is 0 Å². The third-order valence-electron chi connectivity index (χ3n) is 3.89. The third kappa shape index (κ3) is 5.85. The number of thioether (sulfide) groups is 1. The van der Waals surface area contributed by atoms with Crippen LogP contribution in [0.5, 0.6) is 0 Å². The van der Waals surface area contributed by atoms with Gasteiger partial charge in [-0.25, -0.2) is 0 Å². The molecule has 0 nitrogen and oxygen atoms in total. The molecule has 0 saturated heterocycles. The molecular formula is C14H30S. The van der Waals surface area contributed by atoms with Crippen LogP contribution in [-0.2, 0) is 0 Å². The van der Waals surface area contributed by atoms with Gasteiger partial charge in [0.1, 0.15) is 0 Å². The molecule has 0 N–H and O–H groups in total. The summed E-state index contributed by atoms with van der Waals surface area (Å²) in [6.45, 7) is 9.51. The molecule has 0 aromatic carbocycles. The summed E-state index contributed by atoms with van der Waals surface area (Å²) < 4.78 is 0. The number of rotatable bonds is 9. The maximum absolute atomic E-state index is 2.48. The van der Waals surface area contributed by atoms with E-state index in [1.54, 1.807) is 0 Å². The van der Waals surface area contributed by atoms with Crippen molar-refractivity contribution in [2.45, 2.75) is 59.8 Å². The Kier molecular flexibility index (Phi) is 9.79. The van der Waals surface area contributed by atoms with E-state index >= 15 is 0 Å². The van der Waals surface area contributed by atoms with Gasteiger partial charge in [-0.1, -0.05) is 53.4 Å². The van der Waals surface area contributed by atoms with Crippen molar-refractivity contribution in [2.24, 2.45) is 17.8 Å². The first-order chi connectivity index (χ1) is 7.21. The van der Waals surface area contributed by atoms with E-state index in [4.69, 9.17) is 0 Å². The summed E-state index contributed by atoms with van der Waals surface area (Å²) in [6.07, 6.45) is 9.15. The summed E-state index contributed by atoms with van der Waals surface area (Å²) >= 11 is 2.00. The maximum Gasteiger partial charge on any atom is -0.00676 e. The first-order valence-corrected chi connectivity index (χ1v) is 8.09. The predicted molar refractivity (Wildman–Crippen MR) is 74.6 cm³/mol. The van der Waals surface area contributed by atoms with Crippen molar-refractivity contribution in [2.75, 3.05) is 12.0 Å². The maximum atomic E-state index is 2.48. The standard InChI is InChI=1S/C14H30S/c1-6-9-14(10-11-15-5)12(4)13(7-2)8-3/h12-14H,6-11H2,1-5H3. The van der Waals surface area contributed by atoms with Crippen LogP contribution in [0, 0.1) is 17.8 Å². The van der Waals surface area contributed by atoms with Crippen molar-refractivity contribution in [1.29, 1.82) is 0 Å². The minimum absolute atomic E-state index is 0.923. The van der Waals surface area contributed by atoms with Gasteiger partial charge in [0.05, 0.1) is 0 Å². The second-order valence-corrected chi connectivity index (χ2v) is 5.75. The minimum atomic E-state index is 0.923. The smallest absolute Gasteiger partial charge is 0.00676 e. The zero-order chi connectivity index (χ0) is 11.7. The van der Waals surface area contributed by atoms with Crippen LogP contribution in [0.15, 0.2) is 0 Å². The monoisotopic (exact) mass is 230 g/mol. The second-order valence-electron chi connectivity index (χ2n) is 4.77. The van der Waals surface area contributed by atoms with E-state index in [2.05, 4.69) is 34.0 Å². The van der Waals surface area contributed by atoms with Crippen LogP contribution in [0.1, 0.15) is 59.8 Å². The highest BCUT2D eigenvalue weighted by molar-refractivity contribution is 7.98. The quantitative estimate of drug-likeness (QED) is 0.523. The number of hydrogen-bond donors (Lipinski definition) is 0. The van der Waals surface area contributed by atoms with E-state index in [0.29, 0.717) is 0 Å². The van der Waals surface area contributed by atoms with Crippen molar-refractivity contribution in [1.82, 2.24) is 0 Å². The Hall–Kier alpha value is 0.350. The average Bonchev–Trinajstić information content (AvgIpc) is 2.25. The van der Waals surface area contributed by atoms with Crippen molar-refractivity contribution in [3.05, 3.63) is 0 Å². The van der Waals surface area contributed by atoms with Gasteiger partial charge in [-0.2, -0.15) is 11.8 Å². The summed E-state index contributed by atoms with van der Waals surface area (Å²) in [5.41, 5.74) is 0. The molecule has 0 bridgehead atoms. The van der Waals surface area contributed by atoms with Gasteiger partial charge in [0.2, 0.25) is 0 Å². The topological polar surface area (TPSA) is 0 Å². The molecule has 0 aromatic rings. The Morgan fingerprint density at radius 2 is 1.53 bits per heavy atom. The van der Waals surface area contributed by atoms with E-state index < -0.39 is 0 Å². The highest BCUT2D eigenvalue weighted by atomic mass is 32.2. The van der Waals surface area contributed by atoms with Crippen LogP contribution in [0.2, 0.25) is 0 Å². The largest absolute Gasteiger partial charge is 0.165 e. The van der Waals surface area contributed by atoms with Crippen molar-refractivity contribution < 1.29 is 0 Å². The zero-order valence-electron chi connectivity index (χ0n) is 11.4. The van der Waals surface area contributed by atoms with E-state index in [1.807, 2.05) is 11.8 Å². The molecule has 2 unspecified atom stereocenters. The molecule has 0 saturated carbocycles. The lowest BCUT2D eigenvalue weighted by atomic mass is 9.77. The lowest BCUT2D eigenvalue weighted by molar-refractivity contribution is 0.217. The molecule has 0 rings (SSSR count). The van der Waals surface area contributed by atoms with E-state index in [0.717, 1.165) is 17.8 Å². The summed E-state index contributed by atoms with van der Waals surface area (Å²) in [4.78, 5) is 0. The normalized spacial score (nSPS) is 15.6. The van der Waals surface area contributed by atoms with Crippen LogP contribution in [-0.4, -0.2) is 12.0 Å². The van der Waals surface area contributed by atoms with Gasteiger partial charge in [0.25, 0.3) is 0 Å². The molecule has 2 atom stereocenters. The van der Waals surface area contributed by atoms with Gasteiger partial charge in [-0.15, -0.1) is 0 Å². The molecule has 0 heterocycles. The van der Waals surface area contributed by atoms with Crippen LogP contribution >= 0.6 is 11.8 Å². The van der Waals surface area contributed by atoms with Gasteiger partial charge in [0.15, 0.2) is 0 Å². The minimum Gasteiger partial charge on any atom is -0.165 e. The SMILES string of the molecule is CCCC(CCSC)C(C)C(CC)CC. The van der Waals surface area contributed by atoms with Crippen molar-refractivity contribution >= 4 is 11.8 Å². The summed E-state index contributed by atoms with van der Waals surface area (Å²) in [7, 11) is 0. The highest BCUT2D eigenvalue weighted by Gasteiger charge is 2.22. The Bertz CT molecular complexity index is 129. The molecule has 1 heteroatoms. The molecule has 0 spiro atoms. The first kappa shape index (κ1) is 15.3. The lowest BCUT2D eigenvalue weighted by Crippen LogP contribution is -2.21. The van der Waals surface area contributed by atoms with E-state index in [9.17, 15) is 0 Å². The Morgan fingerprint density at radius 1 is 0.933 bits per heavy atom. The molecule has 0 aliphatic rings. The molecule has 0 fully saturated rings. The molecule has 0 aliphatic carbocycles. The molecule has 15 heavy (non-hydrogen) atoms. The molecular weight excluding hydrogens is 200 g/mol. The molecule has 92 valence electrons. The summed E-state index contributed by atoms with van der Waals surface area (Å²) in [6, 6.07) is 0. The van der Waals surface area contributed by atoms with Crippen LogP contribution in [0.4, 0.5) is 0 Å². The molecule has 0 amide bonds. The second kappa shape index (κ2) is 9.57. The average molecular weight is 230 g/mol. The van der Waals surface area contributed by atoms with Gasteiger partial charge >= 0.3 is 0 Å². The fraction of sp³-hybridized carbons (Fsp3) is 1.00. The summed E-state index contributed by atoms with van der Waals surface area (Å²) in [5.74, 6) is 4.18. The van der Waals surface area contributed by atoms with Gasteiger partial charge in [-0.05, 0) is 36.2 Å². The highest BCUT2D eigenvalue weighted by Crippen LogP contribution is 2.32. The van der Waals surface area contributed by atoms with E-state index in [1.165, 1.54) is 37.9 Å². The van der Waals surface area contributed by atoms with Crippen LogP contribution in [0.25, 0.3) is 0 Å². The Balaban J connectivity index is 4.17. The van der Waals surface area contributed by atoms with Gasteiger partial charge in [-0.3, -0.25) is 0 Å². The van der Waals surface area contributed by atoms with Gasteiger partial charge < -0.3 is 0 Å². The van der Waals surface area contributed by atoms with Crippen molar-refractivity contribution in [3.8, 4) is 0 Å². The predicted octanol–water partition coefficient (Wildman–Crippen LogP) is 5.23. The lowest BCUT2D eigenvalue weighted by Gasteiger charge is -2.30. The van der Waals surface area contributed by atoms with Crippen LogP contribution in [0.3, 0.4) is 0 Å².